The van der Waals surface area contributed by atoms with Gasteiger partial charge in [0.25, 0.3) is 0 Å². The van der Waals surface area contributed by atoms with Crippen molar-refractivity contribution < 1.29 is 9.90 Å². The Kier molecular flexibility index (Phi) is 8.66. The Morgan fingerprint density at radius 1 is 0.931 bits per heavy atom. The van der Waals surface area contributed by atoms with E-state index in [0.717, 1.165) is 35.6 Å². The third kappa shape index (κ3) is 6.88. The summed E-state index contributed by atoms with van der Waals surface area (Å²) in [4.78, 5) is 11.3. The van der Waals surface area contributed by atoms with E-state index >= 15 is 0 Å². The maximum absolute atomic E-state index is 11.3. The quantitative estimate of drug-likeness (QED) is 0.422. The van der Waals surface area contributed by atoms with Gasteiger partial charge in [0.05, 0.1) is 5.92 Å². The molecule has 1 unspecified atom stereocenters. The largest absolute Gasteiger partial charge is 0.481 e. The van der Waals surface area contributed by atoms with Crippen molar-refractivity contribution in [3.05, 3.63) is 47.5 Å². The summed E-state index contributed by atoms with van der Waals surface area (Å²) in [6, 6.07) is 8.33. The van der Waals surface area contributed by atoms with Crippen molar-refractivity contribution in [1.82, 2.24) is 0 Å². The van der Waals surface area contributed by atoms with E-state index in [1.807, 2.05) is 12.1 Å². The fourth-order valence-electron chi connectivity index (χ4n) is 5.63. The highest BCUT2D eigenvalue weighted by Crippen LogP contribution is 2.39. The molecule has 0 spiro atoms. The van der Waals surface area contributed by atoms with Gasteiger partial charge < -0.3 is 5.11 Å². The first-order valence-electron chi connectivity index (χ1n) is 11.6. The van der Waals surface area contributed by atoms with Crippen molar-refractivity contribution in [2.24, 2.45) is 29.6 Å². The fraction of sp³-hybridized carbons (Fsp3) is 0.654. The van der Waals surface area contributed by atoms with Crippen LogP contribution in [0.25, 0.3) is 0 Å². The predicted octanol–water partition coefficient (Wildman–Crippen LogP) is 7.55. The Labute approximate surface area is 181 Å². The monoisotopic (exact) mass is 416 g/mol. The second kappa shape index (κ2) is 11.2. The van der Waals surface area contributed by atoms with E-state index in [1.165, 1.54) is 69.8 Å². The van der Waals surface area contributed by atoms with Crippen LogP contribution in [-0.2, 0) is 11.2 Å². The Bertz CT molecular complexity index is 637. The number of aryl methyl sites for hydroxylation is 1. The minimum Gasteiger partial charge on any atom is -0.481 e. The molecule has 0 radical (unpaired) electrons. The Balaban J connectivity index is 1.30. The molecule has 3 rings (SSSR count). The van der Waals surface area contributed by atoms with Crippen LogP contribution in [-0.4, -0.2) is 11.1 Å². The predicted molar refractivity (Wildman–Crippen MR) is 121 cm³/mol. The highest BCUT2D eigenvalue weighted by Gasteiger charge is 2.30. The molecule has 2 fully saturated rings. The average molecular weight is 417 g/mol. The number of hydrogen-bond donors (Lipinski definition) is 1. The van der Waals surface area contributed by atoms with E-state index in [-0.39, 0.29) is 5.92 Å². The highest BCUT2D eigenvalue weighted by atomic mass is 35.5. The molecule has 1 aromatic rings. The first-order valence-corrected chi connectivity index (χ1v) is 12.0. The van der Waals surface area contributed by atoms with E-state index in [2.05, 4.69) is 18.7 Å². The van der Waals surface area contributed by atoms with Gasteiger partial charge in [0.2, 0.25) is 0 Å². The molecule has 2 aliphatic carbocycles. The van der Waals surface area contributed by atoms with E-state index in [9.17, 15) is 9.90 Å². The lowest BCUT2D eigenvalue weighted by molar-refractivity contribution is -0.142. The van der Waals surface area contributed by atoms with Gasteiger partial charge in [-0.3, -0.25) is 4.79 Å². The van der Waals surface area contributed by atoms with Gasteiger partial charge in [0.15, 0.2) is 0 Å². The fourth-order valence-corrected chi connectivity index (χ4v) is 5.76. The van der Waals surface area contributed by atoms with Crippen molar-refractivity contribution >= 4 is 17.6 Å². The Morgan fingerprint density at radius 2 is 1.41 bits per heavy atom. The second-order valence-electron chi connectivity index (χ2n) is 9.51. The van der Waals surface area contributed by atoms with Crippen LogP contribution in [0.2, 0.25) is 5.02 Å². The molecule has 0 amide bonds. The Hall–Kier alpha value is -1.28. The molecule has 0 bridgehead atoms. The number of carboxylic acid groups (broad SMARTS) is 1. The third-order valence-corrected chi connectivity index (χ3v) is 7.89. The second-order valence-corrected chi connectivity index (χ2v) is 9.95. The van der Waals surface area contributed by atoms with Gasteiger partial charge in [-0.1, -0.05) is 81.2 Å². The lowest BCUT2D eigenvalue weighted by Crippen LogP contribution is -2.26. The van der Waals surface area contributed by atoms with Crippen molar-refractivity contribution in [2.75, 3.05) is 0 Å². The molecular weight excluding hydrogens is 380 g/mol. The van der Waals surface area contributed by atoms with Crippen LogP contribution >= 0.6 is 11.6 Å². The maximum Gasteiger partial charge on any atom is 0.310 e. The zero-order valence-electron chi connectivity index (χ0n) is 17.7. The molecular formula is C26H37ClO2. The van der Waals surface area contributed by atoms with E-state index in [1.54, 1.807) is 6.08 Å². The Morgan fingerprint density at radius 3 is 1.90 bits per heavy atom. The lowest BCUT2D eigenvalue weighted by Gasteiger charge is -2.33. The summed E-state index contributed by atoms with van der Waals surface area (Å²) in [6.07, 6.45) is 17.0. The van der Waals surface area contributed by atoms with Gasteiger partial charge in [0, 0.05) is 5.02 Å². The van der Waals surface area contributed by atoms with Gasteiger partial charge in [0.1, 0.15) is 0 Å². The van der Waals surface area contributed by atoms with Crippen LogP contribution in [0.1, 0.15) is 76.2 Å². The van der Waals surface area contributed by atoms with Crippen molar-refractivity contribution in [3.63, 3.8) is 0 Å². The summed E-state index contributed by atoms with van der Waals surface area (Å²) in [5.74, 6) is 1.88. The molecule has 1 atom stereocenters. The first-order chi connectivity index (χ1) is 14.0. The number of halogens is 1. The van der Waals surface area contributed by atoms with Gasteiger partial charge >= 0.3 is 5.97 Å². The molecule has 1 N–H and O–H groups in total. The number of carboxylic acids is 1. The minimum absolute atomic E-state index is 0.303. The van der Waals surface area contributed by atoms with Gasteiger partial charge in [-0.05, 0) is 67.1 Å². The highest BCUT2D eigenvalue weighted by molar-refractivity contribution is 6.30. The number of rotatable bonds is 9. The zero-order chi connectivity index (χ0) is 20.6. The minimum atomic E-state index is -0.698. The maximum atomic E-state index is 11.3. The molecule has 2 saturated carbocycles. The molecule has 29 heavy (non-hydrogen) atoms. The van der Waals surface area contributed by atoms with Gasteiger partial charge in [-0.15, -0.1) is 6.58 Å². The molecule has 0 aromatic heterocycles. The standard InChI is InChI=1S/C26H37ClO2/c1-2-25(26(28)29)23-15-11-21(12-16-23)9-7-19-3-5-20(6-4-19)8-10-22-13-17-24(27)18-14-22/h2,13-14,17-21,23,25H,1,3-12,15-16H2,(H,28,29)/t19-,20-,21-,23-,25?. The number of hydrogen-bond acceptors (Lipinski definition) is 1. The average Bonchev–Trinajstić information content (AvgIpc) is 2.74. The van der Waals surface area contributed by atoms with Crippen molar-refractivity contribution in [1.29, 1.82) is 0 Å². The molecule has 2 nitrogen and oxygen atoms in total. The van der Waals surface area contributed by atoms with Gasteiger partial charge in [-0.25, -0.2) is 0 Å². The van der Waals surface area contributed by atoms with Crippen molar-refractivity contribution in [3.8, 4) is 0 Å². The van der Waals surface area contributed by atoms with Crippen LogP contribution in [0.5, 0.6) is 0 Å². The molecule has 2 aliphatic rings. The zero-order valence-corrected chi connectivity index (χ0v) is 18.5. The third-order valence-electron chi connectivity index (χ3n) is 7.64. The summed E-state index contributed by atoms with van der Waals surface area (Å²) in [5.41, 5.74) is 1.41. The van der Waals surface area contributed by atoms with E-state index in [0.29, 0.717) is 5.92 Å². The summed E-state index contributed by atoms with van der Waals surface area (Å²) in [7, 11) is 0. The topological polar surface area (TPSA) is 37.3 Å². The van der Waals surface area contributed by atoms with E-state index in [4.69, 9.17) is 11.6 Å². The van der Waals surface area contributed by atoms with E-state index < -0.39 is 5.97 Å². The van der Waals surface area contributed by atoms with Crippen LogP contribution in [0, 0.1) is 29.6 Å². The van der Waals surface area contributed by atoms with Crippen molar-refractivity contribution in [2.45, 2.75) is 77.0 Å². The normalized spacial score (nSPS) is 28.6. The first kappa shape index (κ1) is 22.4. The molecule has 160 valence electrons. The SMILES string of the molecule is C=CC(C(=O)O)[C@H]1CC[C@H](CC[C@H]2CC[C@H](CCc3ccc(Cl)cc3)CC2)CC1. The summed E-state index contributed by atoms with van der Waals surface area (Å²) in [6.45, 7) is 3.73. The van der Waals surface area contributed by atoms with Crippen LogP contribution < -0.4 is 0 Å². The molecule has 3 heteroatoms. The van der Waals surface area contributed by atoms with Crippen LogP contribution in [0.4, 0.5) is 0 Å². The molecule has 0 saturated heterocycles. The van der Waals surface area contributed by atoms with Gasteiger partial charge in [-0.2, -0.15) is 0 Å². The molecule has 1 aromatic carbocycles. The molecule has 0 heterocycles. The number of carbonyl (C=O) groups is 1. The lowest BCUT2D eigenvalue weighted by atomic mass is 9.72. The smallest absolute Gasteiger partial charge is 0.310 e. The summed E-state index contributed by atoms with van der Waals surface area (Å²) < 4.78 is 0. The number of aliphatic carboxylic acids is 1. The summed E-state index contributed by atoms with van der Waals surface area (Å²) >= 11 is 5.97. The number of benzene rings is 1. The van der Waals surface area contributed by atoms with Crippen LogP contribution in [0.15, 0.2) is 36.9 Å². The van der Waals surface area contributed by atoms with Crippen LogP contribution in [0.3, 0.4) is 0 Å². The molecule has 0 aliphatic heterocycles. The summed E-state index contributed by atoms with van der Waals surface area (Å²) in [5, 5.41) is 10.1.